The number of aryl methyl sites for hydroxylation is 2. The first-order chi connectivity index (χ1) is 11.7. The molecule has 0 saturated heterocycles. The summed E-state index contributed by atoms with van der Waals surface area (Å²) in [6.45, 7) is 4.89. The number of fused-ring (bicyclic) bond motifs is 1. The van der Waals surface area contributed by atoms with E-state index in [1.54, 1.807) is 23.0 Å². The molecular weight excluding hydrogens is 302 g/mol. The van der Waals surface area contributed by atoms with Crippen LogP contribution in [0.3, 0.4) is 0 Å². The van der Waals surface area contributed by atoms with Crippen LogP contribution in [0.25, 0.3) is 17.0 Å². The lowest BCUT2D eigenvalue weighted by atomic mass is 10.1. The van der Waals surface area contributed by atoms with Gasteiger partial charge in [-0.15, -0.1) is 0 Å². The molecule has 2 aromatic heterocycles. The highest BCUT2D eigenvalue weighted by atomic mass is 16.3. The van der Waals surface area contributed by atoms with Gasteiger partial charge in [0.25, 0.3) is 0 Å². The van der Waals surface area contributed by atoms with Crippen molar-refractivity contribution in [2.24, 2.45) is 0 Å². The number of carbonyl (C=O) groups excluding carboxylic acids is 1. The van der Waals surface area contributed by atoms with Crippen LogP contribution in [0.15, 0.2) is 47.0 Å². The average Bonchev–Trinajstić information content (AvgIpc) is 3.17. The Labute approximate surface area is 141 Å². The quantitative estimate of drug-likeness (QED) is 0.690. The van der Waals surface area contributed by atoms with E-state index in [2.05, 4.69) is 17.3 Å². The summed E-state index contributed by atoms with van der Waals surface area (Å²) < 4.78 is 7.63. The van der Waals surface area contributed by atoms with Crippen LogP contribution in [0.2, 0.25) is 0 Å². The highest BCUT2D eigenvalue weighted by Gasteiger charge is 2.10. The van der Waals surface area contributed by atoms with E-state index >= 15 is 0 Å². The highest BCUT2D eigenvalue weighted by Crippen LogP contribution is 2.27. The molecule has 3 aromatic rings. The zero-order valence-corrected chi connectivity index (χ0v) is 14.0. The smallest absolute Gasteiger partial charge is 0.249 e. The van der Waals surface area contributed by atoms with Crippen LogP contribution < -0.4 is 5.32 Å². The summed E-state index contributed by atoms with van der Waals surface area (Å²) >= 11 is 0. The molecule has 5 nitrogen and oxygen atoms in total. The van der Waals surface area contributed by atoms with E-state index in [9.17, 15) is 4.79 Å². The molecule has 0 atom stereocenters. The maximum Gasteiger partial charge on any atom is 0.249 e. The normalized spacial score (nSPS) is 11.4. The number of hydrogen-bond acceptors (Lipinski definition) is 3. The molecule has 24 heavy (non-hydrogen) atoms. The zero-order chi connectivity index (χ0) is 16.9. The number of carbonyl (C=O) groups is 1. The minimum Gasteiger partial charge on any atom is -0.460 e. The van der Waals surface area contributed by atoms with E-state index < -0.39 is 0 Å². The van der Waals surface area contributed by atoms with Crippen LogP contribution in [0.1, 0.15) is 31.6 Å². The Kier molecular flexibility index (Phi) is 4.79. The van der Waals surface area contributed by atoms with Crippen molar-refractivity contribution in [2.45, 2.75) is 33.2 Å². The number of furan rings is 1. The standard InChI is InChI=1S/C19H21N3O2/c1-3-13-22-18(11-12-20-22)21-19(23)10-9-15-14-7-5-6-8-17(14)24-16(15)4-2/h5-12H,3-4,13H2,1-2H3,(H,21,23)/b10-9+. The van der Waals surface area contributed by atoms with Crippen LogP contribution in [-0.2, 0) is 17.8 Å². The van der Waals surface area contributed by atoms with E-state index in [-0.39, 0.29) is 5.91 Å². The second kappa shape index (κ2) is 7.17. The Balaban J connectivity index is 1.80. The van der Waals surface area contributed by atoms with Gasteiger partial charge in [-0.3, -0.25) is 4.79 Å². The number of benzene rings is 1. The van der Waals surface area contributed by atoms with Crippen molar-refractivity contribution in [1.82, 2.24) is 9.78 Å². The number of para-hydroxylation sites is 1. The first-order valence-electron chi connectivity index (χ1n) is 8.24. The highest BCUT2D eigenvalue weighted by molar-refractivity contribution is 6.03. The SMILES string of the molecule is CCCn1nccc1NC(=O)/C=C/c1c(CC)oc2ccccc12. The number of nitrogens with zero attached hydrogens (tertiary/aromatic N) is 2. The number of amides is 1. The van der Waals surface area contributed by atoms with Crippen molar-refractivity contribution in [1.29, 1.82) is 0 Å². The molecule has 0 aliphatic carbocycles. The molecule has 5 heteroatoms. The summed E-state index contributed by atoms with van der Waals surface area (Å²) in [5.74, 6) is 1.41. The molecule has 1 N–H and O–H groups in total. The van der Waals surface area contributed by atoms with Gasteiger partial charge in [0.2, 0.25) is 5.91 Å². The van der Waals surface area contributed by atoms with Gasteiger partial charge in [-0.25, -0.2) is 4.68 Å². The summed E-state index contributed by atoms with van der Waals surface area (Å²) in [6.07, 6.45) is 6.79. The number of hydrogen-bond donors (Lipinski definition) is 1. The third-order valence-corrected chi connectivity index (χ3v) is 3.84. The Morgan fingerprint density at radius 3 is 2.92 bits per heavy atom. The van der Waals surface area contributed by atoms with E-state index in [1.165, 1.54) is 0 Å². The van der Waals surface area contributed by atoms with Gasteiger partial charge in [0.1, 0.15) is 17.2 Å². The molecule has 0 aliphatic rings. The van der Waals surface area contributed by atoms with Crippen LogP contribution >= 0.6 is 0 Å². The summed E-state index contributed by atoms with van der Waals surface area (Å²) in [5.41, 5.74) is 1.81. The average molecular weight is 323 g/mol. The van der Waals surface area contributed by atoms with Gasteiger partial charge < -0.3 is 9.73 Å². The van der Waals surface area contributed by atoms with Gasteiger partial charge in [0.15, 0.2) is 0 Å². The largest absolute Gasteiger partial charge is 0.460 e. The second-order valence-electron chi connectivity index (χ2n) is 5.55. The molecule has 3 rings (SSSR count). The maximum atomic E-state index is 12.2. The molecule has 0 radical (unpaired) electrons. The summed E-state index contributed by atoms with van der Waals surface area (Å²) in [7, 11) is 0. The van der Waals surface area contributed by atoms with E-state index in [0.717, 1.165) is 41.7 Å². The predicted molar refractivity (Wildman–Crippen MR) is 95.8 cm³/mol. The second-order valence-corrected chi connectivity index (χ2v) is 5.55. The summed E-state index contributed by atoms with van der Waals surface area (Å²) in [6, 6.07) is 9.66. The van der Waals surface area contributed by atoms with Crippen LogP contribution in [-0.4, -0.2) is 15.7 Å². The molecule has 124 valence electrons. The number of nitrogens with one attached hydrogen (secondary N) is 1. The first-order valence-corrected chi connectivity index (χ1v) is 8.24. The van der Waals surface area contributed by atoms with E-state index in [1.807, 2.05) is 37.3 Å². The van der Waals surface area contributed by atoms with E-state index in [0.29, 0.717) is 5.82 Å². The maximum absolute atomic E-state index is 12.2. The third-order valence-electron chi connectivity index (χ3n) is 3.84. The van der Waals surface area contributed by atoms with Gasteiger partial charge in [-0.1, -0.05) is 32.0 Å². The summed E-state index contributed by atoms with van der Waals surface area (Å²) in [5, 5.41) is 8.09. The Hall–Kier alpha value is -2.82. The van der Waals surface area contributed by atoms with Crippen molar-refractivity contribution >= 4 is 28.8 Å². The molecule has 0 bridgehead atoms. The Morgan fingerprint density at radius 1 is 1.29 bits per heavy atom. The molecule has 0 spiro atoms. The minimum atomic E-state index is -0.180. The predicted octanol–water partition coefficient (Wildman–Crippen LogP) is 4.25. The molecule has 0 fully saturated rings. The topological polar surface area (TPSA) is 60.1 Å². The van der Waals surface area contributed by atoms with Gasteiger partial charge in [-0.05, 0) is 18.6 Å². The molecule has 1 aromatic carbocycles. The number of rotatable bonds is 6. The van der Waals surface area contributed by atoms with Crippen molar-refractivity contribution in [3.8, 4) is 0 Å². The lowest BCUT2D eigenvalue weighted by Crippen LogP contribution is -2.13. The molecule has 0 saturated carbocycles. The first kappa shape index (κ1) is 16.1. The zero-order valence-electron chi connectivity index (χ0n) is 14.0. The number of aromatic nitrogens is 2. The fourth-order valence-electron chi connectivity index (χ4n) is 2.72. The lowest BCUT2D eigenvalue weighted by Gasteiger charge is -2.05. The van der Waals surface area contributed by atoms with Crippen LogP contribution in [0.5, 0.6) is 0 Å². The molecule has 1 amide bonds. The van der Waals surface area contributed by atoms with Gasteiger partial charge in [-0.2, -0.15) is 5.10 Å². The van der Waals surface area contributed by atoms with E-state index in [4.69, 9.17) is 4.42 Å². The number of anilines is 1. The van der Waals surface area contributed by atoms with Crippen molar-refractivity contribution < 1.29 is 9.21 Å². The monoisotopic (exact) mass is 323 g/mol. The molecule has 2 heterocycles. The molecule has 0 aliphatic heterocycles. The molecule has 0 unspecified atom stereocenters. The van der Waals surface area contributed by atoms with Crippen molar-refractivity contribution in [2.75, 3.05) is 5.32 Å². The van der Waals surface area contributed by atoms with Crippen molar-refractivity contribution in [3.05, 3.63) is 53.9 Å². The summed E-state index contributed by atoms with van der Waals surface area (Å²) in [4.78, 5) is 12.2. The molecular formula is C19H21N3O2. The Morgan fingerprint density at radius 2 is 2.12 bits per heavy atom. The third kappa shape index (κ3) is 3.25. The van der Waals surface area contributed by atoms with Crippen LogP contribution in [0, 0.1) is 0 Å². The van der Waals surface area contributed by atoms with Crippen molar-refractivity contribution in [3.63, 3.8) is 0 Å². The minimum absolute atomic E-state index is 0.180. The van der Waals surface area contributed by atoms with Gasteiger partial charge >= 0.3 is 0 Å². The van der Waals surface area contributed by atoms with Gasteiger partial charge in [0, 0.05) is 36.1 Å². The van der Waals surface area contributed by atoms with Crippen LogP contribution in [0.4, 0.5) is 5.82 Å². The fraction of sp³-hybridized carbons (Fsp3) is 0.263. The fourth-order valence-corrected chi connectivity index (χ4v) is 2.72. The van der Waals surface area contributed by atoms with Gasteiger partial charge in [0.05, 0.1) is 6.20 Å². The Bertz CT molecular complexity index is 874. The lowest BCUT2D eigenvalue weighted by molar-refractivity contribution is -0.111.